The van der Waals surface area contributed by atoms with E-state index in [1.54, 1.807) is 13.0 Å². The van der Waals surface area contributed by atoms with Crippen LogP contribution in [-0.4, -0.2) is 27.2 Å². The third kappa shape index (κ3) is 4.56. The van der Waals surface area contributed by atoms with Crippen molar-refractivity contribution < 1.29 is 5.11 Å². The maximum Gasteiger partial charge on any atom is 0.135 e. The second-order valence-corrected chi connectivity index (χ2v) is 4.82. The summed E-state index contributed by atoms with van der Waals surface area (Å²) in [4.78, 5) is 8.58. The number of hydrogen-bond acceptors (Lipinski definition) is 5. The maximum absolute atomic E-state index is 9.30. The lowest BCUT2D eigenvalue weighted by atomic mass is 10.1. The van der Waals surface area contributed by atoms with Gasteiger partial charge in [-0.05, 0) is 20.3 Å². The van der Waals surface area contributed by atoms with E-state index in [4.69, 9.17) is 5.73 Å². The van der Waals surface area contributed by atoms with Crippen molar-refractivity contribution in [3.8, 4) is 0 Å². The molecule has 4 N–H and O–H groups in total. The zero-order valence-electron chi connectivity index (χ0n) is 10.9. The first-order valence-electron chi connectivity index (χ1n) is 5.97. The normalized spacial score (nSPS) is 14.7. The zero-order valence-corrected chi connectivity index (χ0v) is 10.9. The van der Waals surface area contributed by atoms with E-state index in [-0.39, 0.29) is 18.1 Å². The van der Waals surface area contributed by atoms with E-state index in [1.807, 2.05) is 20.8 Å². The highest BCUT2D eigenvalue weighted by Gasteiger charge is 2.10. The van der Waals surface area contributed by atoms with E-state index in [9.17, 15) is 5.11 Å². The lowest BCUT2D eigenvalue weighted by molar-refractivity contribution is 0.179. The number of rotatable bonds is 5. The Kier molecular flexibility index (Phi) is 4.69. The van der Waals surface area contributed by atoms with Gasteiger partial charge >= 0.3 is 0 Å². The molecule has 1 heterocycles. The summed E-state index contributed by atoms with van der Waals surface area (Å²) in [6.45, 7) is 7.82. The molecule has 17 heavy (non-hydrogen) atoms. The number of nitrogens with one attached hydrogen (secondary N) is 1. The van der Waals surface area contributed by atoms with Gasteiger partial charge in [0.05, 0.1) is 6.10 Å². The predicted octanol–water partition coefficient (Wildman–Crippen LogP) is 1.75. The van der Waals surface area contributed by atoms with Crippen LogP contribution in [0.25, 0.3) is 0 Å². The number of nitrogen functional groups attached to an aromatic ring is 1. The molecule has 0 saturated heterocycles. The van der Waals surface area contributed by atoms with Crippen LogP contribution in [0, 0.1) is 0 Å². The highest BCUT2D eigenvalue weighted by Crippen LogP contribution is 2.16. The van der Waals surface area contributed by atoms with E-state index in [0.29, 0.717) is 18.1 Å². The van der Waals surface area contributed by atoms with Crippen molar-refractivity contribution in [1.82, 2.24) is 9.97 Å². The Labute approximate surface area is 102 Å². The van der Waals surface area contributed by atoms with Crippen LogP contribution in [0.5, 0.6) is 0 Å². The van der Waals surface area contributed by atoms with Crippen molar-refractivity contribution in [1.29, 1.82) is 0 Å². The standard InChI is InChI=1S/C12H22N4O/c1-7(2)12-15-10(13)6-11(16-12)14-8(3)5-9(4)17/h6-9,17H,5H2,1-4H3,(H3,13,14,15,16). The SMILES string of the molecule is CC(O)CC(C)Nc1cc(N)nc(C(C)C)n1. The Balaban J connectivity index is 2.77. The third-order valence-electron chi connectivity index (χ3n) is 2.37. The lowest BCUT2D eigenvalue weighted by Crippen LogP contribution is -2.21. The molecule has 0 bridgehead atoms. The van der Waals surface area contributed by atoms with E-state index in [1.165, 1.54) is 0 Å². The molecular formula is C12H22N4O. The van der Waals surface area contributed by atoms with Crippen LogP contribution < -0.4 is 11.1 Å². The van der Waals surface area contributed by atoms with Gasteiger partial charge in [-0.25, -0.2) is 9.97 Å². The summed E-state index contributed by atoms with van der Waals surface area (Å²) in [5.41, 5.74) is 5.73. The van der Waals surface area contributed by atoms with Gasteiger partial charge in [0.1, 0.15) is 17.5 Å². The smallest absolute Gasteiger partial charge is 0.135 e. The first-order chi connectivity index (χ1) is 7.88. The van der Waals surface area contributed by atoms with Gasteiger partial charge in [-0.2, -0.15) is 0 Å². The fourth-order valence-corrected chi connectivity index (χ4v) is 1.64. The summed E-state index contributed by atoms with van der Waals surface area (Å²) < 4.78 is 0. The summed E-state index contributed by atoms with van der Waals surface area (Å²) in [5.74, 6) is 2.16. The van der Waals surface area contributed by atoms with Crippen LogP contribution in [0.4, 0.5) is 11.6 Å². The molecule has 1 rings (SSSR count). The molecule has 0 aromatic carbocycles. The molecular weight excluding hydrogens is 216 g/mol. The average Bonchev–Trinajstić information content (AvgIpc) is 2.14. The lowest BCUT2D eigenvalue weighted by Gasteiger charge is -2.17. The summed E-state index contributed by atoms with van der Waals surface area (Å²) in [6.07, 6.45) is 0.335. The Morgan fingerprint density at radius 3 is 2.47 bits per heavy atom. The van der Waals surface area contributed by atoms with Gasteiger partial charge in [0.2, 0.25) is 0 Å². The Hall–Kier alpha value is -1.36. The van der Waals surface area contributed by atoms with Crippen molar-refractivity contribution in [3.63, 3.8) is 0 Å². The van der Waals surface area contributed by atoms with E-state index in [0.717, 1.165) is 5.82 Å². The number of aliphatic hydroxyl groups is 1. The van der Waals surface area contributed by atoms with Crippen LogP contribution in [0.1, 0.15) is 45.9 Å². The number of anilines is 2. The summed E-state index contributed by atoms with van der Waals surface area (Å²) in [6, 6.07) is 1.86. The molecule has 0 aliphatic rings. The third-order valence-corrected chi connectivity index (χ3v) is 2.37. The number of nitrogens with two attached hydrogens (primary N) is 1. The molecule has 0 amide bonds. The average molecular weight is 238 g/mol. The van der Waals surface area contributed by atoms with E-state index < -0.39 is 0 Å². The first-order valence-corrected chi connectivity index (χ1v) is 5.97. The molecule has 5 nitrogen and oxygen atoms in total. The topological polar surface area (TPSA) is 84.1 Å². The minimum absolute atomic E-state index is 0.143. The molecule has 96 valence electrons. The fraction of sp³-hybridized carbons (Fsp3) is 0.667. The van der Waals surface area contributed by atoms with Crippen molar-refractivity contribution in [2.75, 3.05) is 11.1 Å². The van der Waals surface area contributed by atoms with Gasteiger partial charge in [-0.3, -0.25) is 0 Å². The quantitative estimate of drug-likeness (QED) is 0.728. The predicted molar refractivity (Wildman–Crippen MR) is 69.9 cm³/mol. The fourth-order valence-electron chi connectivity index (χ4n) is 1.64. The van der Waals surface area contributed by atoms with Crippen molar-refractivity contribution >= 4 is 11.6 Å². The molecule has 0 saturated carbocycles. The van der Waals surface area contributed by atoms with Crippen molar-refractivity contribution in [3.05, 3.63) is 11.9 Å². The van der Waals surface area contributed by atoms with Gasteiger partial charge in [0, 0.05) is 18.0 Å². The highest BCUT2D eigenvalue weighted by molar-refractivity contribution is 5.45. The highest BCUT2D eigenvalue weighted by atomic mass is 16.3. The van der Waals surface area contributed by atoms with Crippen LogP contribution in [-0.2, 0) is 0 Å². The van der Waals surface area contributed by atoms with Crippen LogP contribution in [0.3, 0.4) is 0 Å². The summed E-state index contributed by atoms with van der Waals surface area (Å²) in [7, 11) is 0. The second kappa shape index (κ2) is 5.82. The second-order valence-electron chi connectivity index (χ2n) is 4.82. The Morgan fingerprint density at radius 2 is 1.94 bits per heavy atom. The molecule has 2 unspecified atom stereocenters. The molecule has 2 atom stereocenters. The number of aromatic nitrogens is 2. The van der Waals surface area contributed by atoms with Crippen molar-refractivity contribution in [2.24, 2.45) is 0 Å². The monoisotopic (exact) mass is 238 g/mol. The Morgan fingerprint density at radius 1 is 1.29 bits per heavy atom. The number of nitrogens with zero attached hydrogens (tertiary/aromatic N) is 2. The van der Waals surface area contributed by atoms with Gasteiger partial charge in [0.25, 0.3) is 0 Å². The molecule has 0 aliphatic carbocycles. The first kappa shape index (κ1) is 13.7. The largest absolute Gasteiger partial charge is 0.393 e. The van der Waals surface area contributed by atoms with Crippen LogP contribution >= 0.6 is 0 Å². The molecule has 1 aromatic rings. The molecule has 0 aliphatic heterocycles. The molecule has 0 fully saturated rings. The zero-order chi connectivity index (χ0) is 13.0. The maximum atomic E-state index is 9.30. The number of hydrogen-bond donors (Lipinski definition) is 3. The molecule has 0 radical (unpaired) electrons. The van der Waals surface area contributed by atoms with Crippen LogP contribution in [0.2, 0.25) is 0 Å². The molecule has 5 heteroatoms. The van der Waals surface area contributed by atoms with Gasteiger partial charge in [0.15, 0.2) is 0 Å². The summed E-state index contributed by atoms with van der Waals surface area (Å²) in [5, 5.41) is 12.5. The van der Waals surface area contributed by atoms with E-state index in [2.05, 4.69) is 15.3 Å². The van der Waals surface area contributed by atoms with Gasteiger partial charge < -0.3 is 16.2 Å². The van der Waals surface area contributed by atoms with E-state index >= 15 is 0 Å². The van der Waals surface area contributed by atoms with Crippen molar-refractivity contribution in [2.45, 2.75) is 52.2 Å². The molecule has 1 aromatic heterocycles. The minimum Gasteiger partial charge on any atom is -0.393 e. The Bertz CT molecular complexity index is 366. The van der Waals surface area contributed by atoms with Gasteiger partial charge in [-0.1, -0.05) is 13.8 Å². The number of aliphatic hydroxyl groups excluding tert-OH is 1. The molecule has 0 spiro atoms. The van der Waals surface area contributed by atoms with Gasteiger partial charge in [-0.15, -0.1) is 0 Å². The minimum atomic E-state index is -0.332. The van der Waals surface area contributed by atoms with Crippen LogP contribution in [0.15, 0.2) is 6.07 Å². The summed E-state index contributed by atoms with van der Waals surface area (Å²) >= 11 is 0.